The smallest absolute Gasteiger partial charge is 0.354 e. The fourth-order valence-electron chi connectivity index (χ4n) is 3.75. The van der Waals surface area contributed by atoms with Crippen LogP contribution in [0.2, 0.25) is 0 Å². The number of rotatable bonds is 7. The van der Waals surface area contributed by atoms with Gasteiger partial charge in [-0.3, -0.25) is 14.8 Å². The fourth-order valence-corrected chi connectivity index (χ4v) is 3.75. The molecule has 0 aliphatic rings. The van der Waals surface area contributed by atoms with E-state index in [9.17, 15) is 24.0 Å². The third kappa shape index (κ3) is 9.08. The number of methoxy groups -OCH3 is 4. The maximum atomic E-state index is 12.3. The number of carboxylic acid groups (broad SMARTS) is 1. The van der Waals surface area contributed by atoms with Crippen LogP contribution in [0.5, 0.6) is 0 Å². The molecule has 0 fully saturated rings. The van der Waals surface area contributed by atoms with E-state index in [4.69, 9.17) is 24.1 Å². The second-order valence-electron chi connectivity index (χ2n) is 8.69. The van der Waals surface area contributed by atoms with E-state index in [1.165, 1.54) is 77.2 Å². The molecule has 0 unspecified atom stereocenters. The topological polar surface area (TPSA) is 181 Å². The third-order valence-corrected chi connectivity index (χ3v) is 5.78. The van der Waals surface area contributed by atoms with E-state index in [1.54, 1.807) is 19.1 Å². The number of aryl methyl sites for hydroxylation is 1. The average molecular weight is 793 g/mol. The minimum Gasteiger partial charge on any atom is -0.500 e. The van der Waals surface area contributed by atoms with Gasteiger partial charge in [0.1, 0.15) is 5.69 Å². The number of pyridine rings is 1. The maximum Gasteiger partial charge on any atom is 0.354 e. The van der Waals surface area contributed by atoms with E-state index in [-0.39, 0.29) is 65.0 Å². The summed E-state index contributed by atoms with van der Waals surface area (Å²) in [6.45, 7) is 1.71. The Bertz CT molecular complexity index is 1660. The summed E-state index contributed by atoms with van der Waals surface area (Å²) in [5, 5.41) is 8.32. The zero-order valence-corrected chi connectivity index (χ0v) is 27.0. The van der Waals surface area contributed by atoms with Crippen molar-refractivity contribution in [2.45, 2.75) is 6.92 Å². The number of esters is 4. The van der Waals surface area contributed by atoms with Crippen molar-refractivity contribution in [3.63, 3.8) is 0 Å². The molecule has 45 heavy (non-hydrogen) atoms. The first-order valence-electron chi connectivity index (χ1n) is 12.6. The van der Waals surface area contributed by atoms with Gasteiger partial charge >= 0.3 is 23.9 Å². The van der Waals surface area contributed by atoms with Crippen molar-refractivity contribution in [1.82, 2.24) is 15.0 Å². The van der Waals surface area contributed by atoms with Gasteiger partial charge in [-0.25, -0.2) is 24.2 Å². The number of benzene rings is 2. The fraction of sp³-hybridized carbons (Fsp3) is 0.161. The Kier molecular flexibility index (Phi) is 13.1. The molecule has 0 aliphatic heterocycles. The summed E-state index contributed by atoms with van der Waals surface area (Å²) in [7, 11) is 4.84. The van der Waals surface area contributed by atoms with Gasteiger partial charge in [0.2, 0.25) is 0 Å². The molecule has 4 aromatic rings. The van der Waals surface area contributed by atoms with Crippen molar-refractivity contribution in [3.8, 4) is 22.5 Å². The largest absolute Gasteiger partial charge is 0.500 e. The molecule has 14 heteroatoms. The van der Waals surface area contributed by atoms with Crippen molar-refractivity contribution in [3.05, 3.63) is 101 Å². The van der Waals surface area contributed by atoms with E-state index in [2.05, 4.69) is 21.0 Å². The van der Waals surface area contributed by atoms with E-state index in [0.717, 1.165) is 0 Å². The molecule has 0 atom stereocenters. The molecule has 2 heterocycles. The molecule has 1 N–H and O–H groups in total. The van der Waals surface area contributed by atoms with Gasteiger partial charge in [0.25, 0.3) is 5.97 Å². The predicted octanol–water partition coefficient (Wildman–Crippen LogP) is 3.84. The van der Waals surface area contributed by atoms with Crippen LogP contribution in [0.4, 0.5) is 0 Å². The van der Waals surface area contributed by atoms with Gasteiger partial charge in [-0.1, -0.05) is 11.6 Å². The van der Waals surface area contributed by atoms with Gasteiger partial charge in [0.15, 0.2) is 0 Å². The van der Waals surface area contributed by atoms with Gasteiger partial charge in [0.05, 0.1) is 51.0 Å². The summed E-state index contributed by atoms with van der Waals surface area (Å²) < 4.78 is 19.2. The summed E-state index contributed by atoms with van der Waals surface area (Å²) >= 11 is 0. The summed E-state index contributed by atoms with van der Waals surface area (Å²) in [6, 6.07) is 14.7. The number of aromatic carboxylic acids is 1. The second-order valence-corrected chi connectivity index (χ2v) is 8.69. The molecule has 2 aromatic carbocycles. The molecule has 0 spiro atoms. The Balaban J connectivity index is 0.000000606. The molecule has 0 saturated carbocycles. The van der Waals surface area contributed by atoms with Crippen LogP contribution in [0.25, 0.3) is 22.5 Å². The van der Waals surface area contributed by atoms with Crippen molar-refractivity contribution < 1.29 is 68.1 Å². The molecule has 2 aromatic heterocycles. The van der Waals surface area contributed by atoms with Crippen LogP contribution in [0.15, 0.2) is 60.9 Å². The Labute approximate surface area is 270 Å². The summed E-state index contributed by atoms with van der Waals surface area (Å²) in [5.74, 6) is -3.75. The van der Waals surface area contributed by atoms with E-state index in [0.29, 0.717) is 11.3 Å². The Morgan fingerprint density at radius 2 is 1.27 bits per heavy atom. The number of carbonyl (C=O) groups is 5. The summed E-state index contributed by atoms with van der Waals surface area (Å²) in [5.41, 5.74) is 1.88. The number of carbonyl (C=O) groups excluding carboxylic acids is 4. The van der Waals surface area contributed by atoms with Gasteiger partial charge < -0.3 is 24.1 Å². The Hall–Kier alpha value is -5.33. The first-order chi connectivity index (χ1) is 21.0. The second kappa shape index (κ2) is 16.5. The molecule has 1 radical (unpaired) electrons. The minimum absolute atomic E-state index is 0. The van der Waals surface area contributed by atoms with E-state index < -0.39 is 29.8 Å². The van der Waals surface area contributed by atoms with Crippen molar-refractivity contribution >= 4 is 29.8 Å². The quantitative estimate of drug-likeness (QED) is 0.162. The normalized spacial score (nSPS) is 9.80. The van der Waals surface area contributed by atoms with Crippen molar-refractivity contribution in [1.29, 1.82) is 0 Å². The van der Waals surface area contributed by atoms with Crippen molar-refractivity contribution in [2.75, 3.05) is 28.4 Å². The molecule has 0 bridgehead atoms. The van der Waals surface area contributed by atoms with Gasteiger partial charge in [-0.2, -0.15) is 0 Å². The molecular weight excluding hydrogens is 767 g/mol. The Morgan fingerprint density at radius 3 is 1.73 bits per heavy atom. The third-order valence-electron chi connectivity index (χ3n) is 5.78. The molecule has 4 rings (SSSR count). The molecule has 235 valence electrons. The van der Waals surface area contributed by atoms with E-state index >= 15 is 0 Å². The minimum atomic E-state index is -0.990. The Morgan fingerprint density at radius 1 is 0.711 bits per heavy atom. The van der Waals surface area contributed by atoms with Gasteiger partial charge in [-0.15, -0.1) is 18.2 Å². The molecule has 0 amide bonds. The van der Waals surface area contributed by atoms with Gasteiger partial charge in [-0.05, 0) is 53.9 Å². The predicted molar refractivity (Wildman–Crippen MR) is 153 cm³/mol. The number of ether oxygens (including phenoxy) is 4. The number of nitrogens with zero attached hydrogens (tertiary/aromatic N) is 3. The standard InChI is InChI=1S/C25H21N2O8.C6H5NO2.Ir/c1-13-12-26-20(14-6-16(22(28)32-2)10-17(7-14)23(29)33-3)21(27-13)15-8-18(24(30)34-4)11-19(9-15)25(31)35-5;8-6(9)5-3-1-2-4-7-5;/h6,8-12H,1-5H3;1-4H,(H,8,9);/q-1;;. The number of hydrogen-bond donors (Lipinski definition) is 1. The number of aromatic nitrogens is 3. The average Bonchev–Trinajstić information content (AvgIpc) is 3.06. The van der Waals surface area contributed by atoms with Crippen LogP contribution < -0.4 is 0 Å². The first-order valence-corrected chi connectivity index (χ1v) is 12.6. The van der Waals surface area contributed by atoms with Crippen LogP contribution in [0, 0.1) is 13.0 Å². The summed E-state index contributed by atoms with van der Waals surface area (Å²) in [6.07, 6.45) is 2.93. The SMILES string of the molecule is COC(=O)c1[c-]c(-c2ncc(C)nc2-c2cc(C(=O)OC)cc(C(=O)OC)c2)cc(C(=O)OC)c1.O=C(O)c1ccccn1.[Ir]. The first kappa shape index (κ1) is 35.9. The van der Waals surface area contributed by atoms with E-state index in [1.807, 2.05) is 0 Å². The molecule has 0 aliphatic carbocycles. The monoisotopic (exact) mass is 793 g/mol. The molecule has 0 saturated heterocycles. The number of hydrogen-bond acceptors (Lipinski definition) is 12. The number of carboxylic acids is 1. The summed E-state index contributed by atoms with van der Waals surface area (Å²) in [4.78, 5) is 71.7. The van der Waals surface area contributed by atoms with Crippen LogP contribution in [0.3, 0.4) is 0 Å². The molecule has 13 nitrogen and oxygen atoms in total. The van der Waals surface area contributed by atoms with Crippen LogP contribution >= 0.6 is 0 Å². The maximum absolute atomic E-state index is 12.3. The van der Waals surface area contributed by atoms with Crippen molar-refractivity contribution in [2.24, 2.45) is 0 Å². The molecular formula is C31H26IrN3O10-. The van der Waals surface area contributed by atoms with Crippen LogP contribution in [0.1, 0.15) is 57.6 Å². The van der Waals surface area contributed by atoms with Crippen LogP contribution in [-0.2, 0) is 39.1 Å². The zero-order valence-electron chi connectivity index (χ0n) is 24.6. The van der Waals surface area contributed by atoms with Crippen LogP contribution in [-0.4, -0.2) is 78.3 Å². The zero-order chi connectivity index (χ0) is 32.4. The van der Waals surface area contributed by atoms with Gasteiger partial charge in [0, 0.05) is 38.2 Å².